The molecule has 0 aromatic heterocycles. The minimum Gasteiger partial charge on any atom is -0.484 e. The van der Waals surface area contributed by atoms with Gasteiger partial charge in [-0.2, -0.15) is 0 Å². The summed E-state index contributed by atoms with van der Waals surface area (Å²) in [5.41, 5.74) is 3.37. The van der Waals surface area contributed by atoms with Gasteiger partial charge in [0.25, 0.3) is 11.8 Å². The van der Waals surface area contributed by atoms with Crippen molar-refractivity contribution in [2.45, 2.75) is 6.92 Å². The average Bonchev–Trinajstić information content (AvgIpc) is 3.07. The Morgan fingerprint density at radius 2 is 1.85 bits per heavy atom. The molecule has 0 saturated carbocycles. The largest absolute Gasteiger partial charge is 0.484 e. The number of anilines is 2. The van der Waals surface area contributed by atoms with Gasteiger partial charge in [-0.05, 0) is 72.7 Å². The van der Waals surface area contributed by atoms with Gasteiger partial charge in [0.05, 0.1) is 10.6 Å². The molecule has 0 atom stereocenters. The molecule has 1 fully saturated rings. The van der Waals surface area contributed by atoms with Crippen LogP contribution in [-0.2, 0) is 9.59 Å². The molecule has 0 unspecified atom stereocenters. The van der Waals surface area contributed by atoms with Crippen LogP contribution in [0.1, 0.15) is 11.1 Å². The van der Waals surface area contributed by atoms with Crippen LogP contribution < -0.4 is 15.0 Å². The maximum atomic E-state index is 12.9. The van der Waals surface area contributed by atoms with Crippen LogP contribution in [0.3, 0.4) is 0 Å². The number of hydrogen-bond acceptors (Lipinski definition) is 5. The second kappa shape index (κ2) is 10.3. The standard InChI is InChI=1S/C25H19BrN2O3S2/c1-16-3-2-4-20(13-16)28-24(30)22(33-25(28)32)14-17-5-11-21(12-6-17)31-15-23(29)27-19-9-7-18(26)8-10-19/h2-14H,15H2,1H3,(H,27,29)/b22-14-. The van der Waals surface area contributed by atoms with Crippen LogP contribution in [0.2, 0.25) is 0 Å². The van der Waals surface area contributed by atoms with Crippen LogP contribution in [-0.4, -0.2) is 22.7 Å². The maximum Gasteiger partial charge on any atom is 0.270 e. The molecule has 0 radical (unpaired) electrons. The molecule has 3 aromatic rings. The summed E-state index contributed by atoms with van der Waals surface area (Å²) in [6.45, 7) is 1.87. The highest BCUT2D eigenvalue weighted by molar-refractivity contribution is 9.10. The lowest BCUT2D eigenvalue weighted by molar-refractivity contribution is -0.118. The second-order valence-corrected chi connectivity index (χ2v) is 9.86. The molecule has 4 rings (SSSR count). The van der Waals surface area contributed by atoms with E-state index < -0.39 is 0 Å². The van der Waals surface area contributed by atoms with Crippen LogP contribution in [0.4, 0.5) is 11.4 Å². The third-order valence-electron chi connectivity index (χ3n) is 4.73. The molecule has 1 aliphatic heterocycles. The molecule has 0 spiro atoms. The fourth-order valence-electron chi connectivity index (χ4n) is 3.15. The minimum absolute atomic E-state index is 0.107. The van der Waals surface area contributed by atoms with E-state index in [-0.39, 0.29) is 18.4 Å². The molecule has 1 N–H and O–H groups in total. The third-order valence-corrected chi connectivity index (χ3v) is 6.56. The molecule has 5 nitrogen and oxygen atoms in total. The van der Waals surface area contributed by atoms with Gasteiger partial charge in [0.2, 0.25) is 0 Å². The lowest BCUT2D eigenvalue weighted by atomic mass is 10.2. The highest BCUT2D eigenvalue weighted by Gasteiger charge is 2.33. The van der Waals surface area contributed by atoms with E-state index in [1.807, 2.05) is 55.5 Å². The minimum atomic E-state index is -0.249. The number of amides is 2. The van der Waals surface area contributed by atoms with Gasteiger partial charge in [0, 0.05) is 10.2 Å². The summed E-state index contributed by atoms with van der Waals surface area (Å²) in [6, 6.07) is 22.2. The first-order valence-corrected chi connectivity index (χ1v) is 12.0. The molecular weight excluding hydrogens is 520 g/mol. The van der Waals surface area contributed by atoms with Crippen molar-refractivity contribution in [2.75, 3.05) is 16.8 Å². The van der Waals surface area contributed by atoms with E-state index >= 15 is 0 Å². The summed E-state index contributed by atoms with van der Waals surface area (Å²) in [5, 5.41) is 2.78. The molecule has 1 saturated heterocycles. The van der Waals surface area contributed by atoms with Crippen molar-refractivity contribution in [1.29, 1.82) is 0 Å². The topological polar surface area (TPSA) is 58.6 Å². The highest BCUT2D eigenvalue weighted by atomic mass is 79.9. The number of halogens is 1. The number of rotatable bonds is 6. The fraction of sp³-hybridized carbons (Fsp3) is 0.0800. The molecule has 2 amide bonds. The van der Waals surface area contributed by atoms with Crippen LogP contribution in [0.15, 0.2) is 82.2 Å². The molecule has 1 aliphatic rings. The van der Waals surface area contributed by atoms with E-state index in [4.69, 9.17) is 17.0 Å². The molecule has 3 aromatic carbocycles. The zero-order valence-electron chi connectivity index (χ0n) is 17.6. The Bertz CT molecular complexity index is 1240. The number of thiocarbonyl (C=S) groups is 1. The molecule has 8 heteroatoms. The maximum absolute atomic E-state index is 12.9. The smallest absolute Gasteiger partial charge is 0.270 e. The SMILES string of the molecule is Cc1cccc(N2C(=O)/C(=C/c3ccc(OCC(=O)Nc4ccc(Br)cc4)cc3)SC2=S)c1. The van der Waals surface area contributed by atoms with Crippen LogP contribution in [0.5, 0.6) is 5.75 Å². The van der Waals surface area contributed by atoms with Crippen molar-refractivity contribution >= 4 is 73.5 Å². The number of benzene rings is 3. The van der Waals surface area contributed by atoms with E-state index in [2.05, 4.69) is 21.2 Å². The summed E-state index contributed by atoms with van der Waals surface area (Å²) >= 11 is 10.1. The predicted molar refractivity (Wildman–Crippen MR) is 142 cm³/mol. The molecule has 166 valence electrons. The van der Waals surface area contributed by atoms with E-state index in [0.29, 0.717) is 20.7 Å². The van der Waals surface area contributed by atoms with Crippen LogP contribution in [0.25, 0.3) is 6.08 Å². The number of ether oxygens (including phenoxy) is 1. The van der Waals surface area contributed by atoms with Crippen molar-refractivity contribution in [2.24, 2.45) is 0 Å². The Labute approximate surface area is 210 Å². The van der Waals surface area contributed by atoms with E-state index in [1.165, 1.54) is 11.8 Å². The number of nitrogens with zero attached hydrogens (tertiary/aromatic N) is 1. The van der Waals surface area contributed by atoms with Gasteiger partial charge in [-0.25, -0.2) is 0 Å². The molecule has 1 heterocycles. The van der Waals surface area contributed by atoms with Crippen molar-refractivity contribution in [3.8, 4) is 5.75 Å². The van der Waals surface area contributed by atoms with Gasteiger partial charge in [0.15, 0.2) is 10.9 Å². The number of aryl methyl sites for hydroxylation is 1. The quantitative estimate of drug-likeness (QED) is 0.300. The van der Waals surface area contributed by atoms with Crippen molar-refractivity contribution in [3.63, 3.8) is 0 Å². The second-order valence-electron chi connectivity index (χ2n) is 7.27. The van der Waals surface area contributed by atoms with E-state index in [1.54, 1.807) is 35.2 Å². The van der Waals surface area contributed by atoms with Crippen molar-refractivity contribution < 1.29 is 14.3 Å². The Kier molecular flexibility index (Phi) is 7.27. The predicted octanol–water partition coefficient (Wildman–Crippen LogP) is 6.18. The van der Waals surface area contributed by atoms with Crippen molar-refractivity contribution in [1.82, 2.24) is 0 Å². The number of nitrogens with one attached hydrogen (secondary N) is 1. The Balaban J connectivity index is 1.37. The molecule has 33 heavy (non-hydrogen) atoms. The van der Waals surface area contributed by atoms with Gasteiger partial charge in [-0.3, -0.25) is 14.5 Å². The number of carbonyl (C=O) groups is 2. The first kappa shape index (κ1) is 23.2. The van der Waals surface area contributed by atoms with Crippen molar-refractivity contribution in [3.05, 3.63) is 93.3 Å². The van der Waals surface area contributed by atoms with Crippen LogP contribution >= 0.6 is 39.9 Å². The summed E-state index contributed by atoms with van der Waals surface area (Å²) in [4.78, 5) is 27.1. The van der Waals surface area contributed by atoms with Gasteiger partial charge in [-0.15, -0.1) is 0 Å². The zero-order chi connectivity index (χ0) is 23.4. The molecule has 0 aliphatic carbocycles. The Morgan fingerprint density at radius 3 is 2.55 bits per heavy atom. The van der Waals surface area contributed by atoms with E-state index in [9.17, 15) is 9.59 Å². The summed E-state index contributed by atoms with van der Waals surface area (Å²) in [5.74, 6) is 0.173. The Morgan fingerprint density at radius 1 is 1.12 bits per heavy atom. The highest BCUT2D eigenvalue weighted by Crippen LogP contribution is 2.36. The zero-order valence-corrected chi connectivity index (χ0v) is 20.8. The number of carbonyl (C=O) groups excluding carboxylic acids is 2. The lowest BCUT2D eigenvalue weighted by Gasteiger charge is -2.14. The summed E-state index contributed by atoms with van der Waals surface area (Å²) in [7, 11) is 0. The molecule has 0 bridgehead atoms. The number of thioether (sulfide) groups is 1. The van der Waals surface area contributed by atoms with Gasteiger partial charge in [-0.1, -0.05) is 64.2 Å². The summed E-state index contributed by atoms with van der Waals surface area (Å²) < 4.78 is 7.02. The van der Waals surface area contributed by atoms with Gasteiger partial charge < -0.3 is 10.1 Å². The van der Waals surface area contributed by atoms with E-state index in [0.717, 1.165) is 21.3 Å². The average molecular weight is 539 g/mol. The first-order chi connectivity index (χ1) is 15.9. The fourth-order valence-corrected chi connectivity index (χ4v) is 4.71. The van der Waals surface area contributed by atoms with Gasteiger partial charge in [0.1, 0.15) is 5.75 Å². The van der Waals surface area contributed by atoms with Crippen LogP contribution in [0, 0.1) is 6.92 Å². The van der Waals surface area contributed by atoms with Gasteiger partial charge >= 0.3 is 0 Å². The normalized spacial score (nSPS) is 14.6. The summed E-state index contributed by atoms with van der Waals surface area (Å²) in [6.07, 6.45) is 1.80. The number of hydrogen-bond donors (Lipinski definition) is 1. The first-order valence-electron chi connectivity index (χ1n) is 10.0. The molecular formula is C25H19BrN2O3S2. The lowest BCUT2D eigenvalue weighted by Crippen LogP contribution is -2.27. The monoisotopic (exact) mass is 538 g/mol. The Hall–Kier alpha value is -2.94. The third kappa shape index (κ3) is 5.90.